The van der Waals surface area contributed by atoms with Gasteiger partial charge in [0, 0.05) is 18.7 Å². The number of amides is 3. The second kappa shape index (κ2) is 7.13. The Balaban J connectivity index is 2.12. The van der Waals surface area contributed by atoms with Gasteiger partial charge in [-0.1, -0.05) is 19.1 Å². The number of carboxylic acids is 1. The molecule has 7 nitrogen and oxygen atoms in total. The van der Waals surface area contributed by atoms with E-state index in [1.54, 1.807) is 24.3 Å². The van der Waals surface area contributed by atoms with Crippen LogP contribution in [0.25, 0.3) is 0 Å². The number of carbonyl (C=O) groups is 3. The van der Waals surface area contributed by atoms with E-state index in [2.05, 4.69) is 5.32 Å². The fourth-order valence-corrected chi connectivity index (χ4v) is 2.91. The Morgan fingerprint density at radius 1 is 1.30 bits per heavy atom. The molecule has 1 aromatic rings. The standard InChI is InChI=1S/C16H21N3O4/c1-10-3-2-8-19(13(10)15(21)22)14(20)12-6-4-11(5-7-12)9-18-16(17)23/h4-7,10,13H,2-3,8-9H2,1H3,(H,21,22)(H3,17,18,23). The molecule has 0 spiro atoms. The normalized spacial score (nSPS) is 20.8. The lowest BCUT2D eigenvalue weighted by atomic mass is 9.90. The fourth-order valence-electron chi connectivity index (χ4n) is 2.91. The molecule has 0 bridgehead atoms. The van der Waals surface area contributed by atoms with Crippen LogP contribution in [0.3, 0.4) is 0 Å². The van der Waals surface area contributed by atoms with Crippen molar-refractivity contribution in [1.82, 2.24) is 10.2 Å². The van der Waals surface area contributed by atoms with Crippen LogP contribution in [-0.2, 0) is 11.3 Å². The average Bonchev–Trinajstić information content (AvgIpc) is 2.52. The molecule has 2 atom stereocenters. The van der Waals surface area contributed by atoms with Crippen molar-refractivity contribution in [3.8, 4) is 0 Å². The zero-order valence-corrected chi connectivity index (χ0v) is 13.0. The molecule has 1 heterocycles. The van der Waals surface area contributed by atoms with Crippen molar-refractivity contribution in [2.45, 2.75) is 32.4 Å². The third-order valence-electron chi connectivity index (χ3n) is 4.11. The number of urea groups is 1. The van der Waals surface area contributed by atoms with Crippen molar-refractivity contribution < 1.29 is 19.5 Å². The molecule has 2 unspecified atom stereocenters. The number of hydrogen-bond acceptors (Lipinski definition) is 3. The van der Waals surface area contributed by atoms with Crippen LogP contribution in [0.15, 0.2) is 24.3 Å². The van der Waals surface area contributed by atoms with E-state index in [1.165, 1.54) is 4.90 Å². The summed E-state index contributed by atoms with van der Waals surface area (Å²) in [6.07, 6.45) is 1.61. The molecule has 2 rings (SSSR count). The zero-order valence-electron chi connectivity index (χ0n) is 13.0. The first-order valence-electron chi connectivity index (χ1n) is 7.56. The lowest BCUT2D eigenvalue weighted by Gasteiger charge is -2.37. The maximum Gasteiger partial charge on any atom is 0.326 e. The summed E-state index contributed by atoms with van der Waals surface area (Å²) in [7, 11) is 0. The molecular formula is C16H21N3O4. The van der Waals surface area contributed by atoms with Crippen LogP contribution in [0.5, 0.6) is 0 Å². The van der Waals surface area contributed by atoms with Gasteiger partial charge in [-0.3, -0.25) is 4.79 Å². The SMILES string of the molecule is CC1CCCN(C(=O)c2ccc(CNC(N)=O)cc2)C1C(=O)O. The molecule has 4 N–H and O–H groups in total. The minimum absolute atomic E-state index is 0.0655. The molecule has 1 aliphatic rings. The van der Waals surface area contributed by atoms with Gasteiger partial charge in [-0.05, 0) is 36.5 Å². The molecule has 23 heavy (non-hydrogen) atoms. The van der Waals surface area contributed by atoms with Gasteiger partial charge >= 0.3 is 12.0 Å². The van der Waals surface area contributed by atoms with Crippen molar-refractivity contribution in [2.75, 3.05) is 6.54 Å². The van der Waals surface area contributed by atoms with Crippen LogP contribution in [0.4, 0.5) is 4.79 Å². The number of hydrogen-bond donors (Lipinski definition) is 3. The van der Waals surface area contributed by atoms with Gasteiger partial charge in [-0.2, -0.15) is 0 Å². The van der Waals surface area contributed by atoms with Crippen LogP contribution >= 0.6 is 0 Å². The Bertz CT molecular complexity index is 600. The number of carbonyl (C=O) groups excluding carboxylic acids is 2. The number of likely N-dealkylation sites (tertiary alicyclic amines) is 1. The van der Waals surface area contributed by atoms with Crippen LogP contribution < -0.4 is 11.1 Å². The Hall–Kier alpha value is -2.57. The summed E-state index contributed by atoms with van der Waals surface area (Å²) in [6.45, 7) is 2.59. The summed E-state index contributed by atoms with van der Waals surface area (Å²) in [5.41, 5.74) is 6.25. The maximum atomic E-state index is 12.6. The summed E-state index contributed by atoms with van der Waals surface area (Å²) < 4.78 is 0. The maximum absolute atomic E-state index is 12.6. The molecule has 0 aromatic heterocycles. The molecule has 0 radical (unpaired) electrons. The Morgan fingerprint density at radius 3 is 2.52 bits per heavy atom. The van der Waals surface area contributed by atoms with Crippen LogP contribution in [0, 0.1) is 5.92 Å². The van der Waals surface area contributed by atoms with Gasteiger partial charge in [0.1, 0.15) is 6.04 Å². The van der Waals surface area contributed by atoms with Crippen LogP contribution in [0.1, 0.15) is 35.7 Å². The third-order valence-corrected chi connectivity index (χ3v) is 4.11. The molecule has 1 fully saturated rings. The van der Waals surface area contributed by atoms with Gasteiger partial charge in [0.25, 0.3) is 5.91 Å². The quantitative estimate of drug-likeness (QED) is 0.773. The number of rotatable bonds is 4. The predicted octanol–water partition coefficient (Wildman–Crippen LogP) is 1.18. The molecule has 0 aliphatic carbocycles. The first-order valence-corrected chi connectivity index (χ1v) is 7.56. The molecule has 7 heteroatoms. The highest BCUT2D eigenvalue weighted by atomic mass is 16.4. The summed E-state index contributed by atoms with van der Waals surface area (Å²) >= 11 is 0. The zero-order chi connectivity index (χ0) is 17.0. The Morgan fingerprint density at radius 2 is 1.96 bits per heavy atom. The van der Waals surface area contributed by atoms with E-state index >= 15 is 0 Å². The molecule has 1 saturated heterocycles. The van der Waals surface area contributed by atoms with Crippen LogP contribution in [-0.4, -0.2) is 40.5 Å². The van der Waals surface area contributed by atoms with Gasteiger partial charge in [-0.15, -0.1) is 0 Å². The molecule has 1 aromatic carbocycles. The number of nitrogens with two attached hydrogens (primary N) is 1. The summed E-state index contributed by atoms with van der Waals surface area (Å²) in [4.78, 5) is 36.2. The second-order valence-electron chi connectivity index (χ2n) is 5.82. The Labute approximate surface area is 134 Å². The first kappa shape index (κ1) is 16.8. The largest absolute Gasteiger partial charge is 0.480 e. The van der Waals surface area contributed by atoms with Crippen LogP contribution in [0.2, 0.25) is 0 Å². The number of nitrogens with zero attached hydrogens (tertiary/aromatic N) is 1. The number of primary amides is 1. The van der Waals surface area contributed by atoms with Crippen molar-refractivity contribution in [2.24, 2.45) is 11.7 Å². The molecular weight excluding hydrogens is 298 g/mol. The fraction of sp³-hybridized carbons (Fsp3) is 0.438. The number of carboxylic acid groups (broad SMARTS) is 1. The van der Waals surface area contributed by atoms with E-state index < -0.39 is 18.0 Å². The van der Waals surface area contributed by atoms with E-state index in [1.807, 2.05) is 6.92 Å². The molecule has 1 aliphatic heterocycles. The van der Waals surface area contributed by atoms with Crippen molar-refractivity contribution in [1.29, 1.82) is 0 Å². The number of aliphatic carboxylic acids is 1. The van der Waals surface area contributed by atoms with Gasteiger partial charge in [-0.25, -0.2) is 9.59 Å². The lowest BCUT2D eigenvalue weighted by molar-refractivity contribution is -0.145. The summed E-state index contributed by atoms with van der Waals surface area (Å²) in [6, 6.07) is 5.31. The first-order chi connectivity index (χ1) is 10.9. The van der Waals surface area contributed by atoms with Crippen molar-refractivity contribution in [3.05, 3.63) is 35.4 Å². The third kappa shape index (κ3) is 4.00. The number of piperidine rings is 1. The van der Waals surface area contributed by atoms with Gasteiger partial charge in [0.2, 0.25) is 0 Å². The number of nitrogens with one attached hydrogen (secondary N) is 1. The lowest BCUT2D eigenvalue weighted by Crippen LogP contribution is -2.51. The van der Waals surface area contributed by atoms with Gasteiger partial charge < -0.3 is 21.1 Å². The van der Waals surface area contributed by atoms with E-state index in [4.69, 9.17) is 5.73 Å². The van der Waals surface area contributed by atoms with Crippen molar-refractivity contribution in [3.63, 3.8) is 0 Å². The van der Waals surface area contributed by atoms with E-state index in [0.29, 0.717) is 12.1 Å². The highest BCUT2D eigenvalue weighted by Gasteiger charge is 2.37. The summed E-state index contributed by atoms with van der Waals surface area (Å²) in [5, 5.41) is 11.9. The summed E-state index contributed by atoms with van der Waals surface area (Å²) in [5.74, 6) is -1.31. The second-order valence-corrected chi connectivity index (χ2v) is 5.82. The highest BCUT2D eigenvalue weighted by molar-refractivity contribution is 5.96. The van der Waals surface area contributed by atoms with Gasteiger partial charge in [0.05, 0.1) is 0 Å². The molecule has 0 saturated carbocycles. The molecule has 3 amide bonds. The predicted molar refractivity (Wildman–Crippen MR) is 83.7 cm³/mol. The minimum Gasteiger partial charge on any atom is -0.480 e. The number of benzene rings is 1. The van der Waals surface area contributed by atoms with Crippen molar-refractivity contribution >= 4 is 17.9 Å². The average molecular weight is 319 g/mol. The van der Waals surface area contributed by atoms with E-state index in [0.717, 1.165) is 18.4 Å². The smallest absolute Gasteiger partial charge is 0.326 e. The minimum atomic E-state index is -0.965. The molecule has 124 valence electrons. The highest BCUT2D eigenvalue weighted by Crippen LogP contribution is 2.25. The van der Waals surface area contributed by atoms with E-state index in [9.17, 15) is 19.5 Å². The monoisotopic (exact) mass is 319 g/mol. The Kier molecular flexibility index (Phi) is 5.20. The van der Waals surface area contributed by atoms with Gasteiger partial charge in [0.15, 0.2) is 0 Å². The van der Waals surface area contributed by atoms with E-state index in [-0.39, 0.29) is 18.4 Å². The topological polar surface area (TPSA) is 113 Å².